The predicted molar refractivity (Wildman–Crippen MR) is 76.9 cm³/mol. The highest BCUT2D eigenvalue weighted by molar-refractivity contribution is 5.76. The molecule has 6 heteroatoms. The van der Waals surface area contributed by atoms with E-state index in [0.717, 1.165) is 19.5 Å². The van der Waals surface area contributed by atoms with Crippen LogP contribution in [0.4, 0.5) is 11.6 Å². The molecule has 1 heterocycles. The fourth-order valence-electron chi connectivity index (χ4n) is 1.80. The molecule has 0 saturated heterocycles. The van der Waals surface area contributed by atoms with Gasteiger partial charge in [-0.15, -0.1) is 0 Å². The molecular formula is C13H23N5O. The Labute approximate surface area is 114 Å². The smallest absolute Gasteiger partial charge is 0.224 e. The van der Waals surface area contributed by atoms with E-state index in [-0.39, 0.29) is 5.91 Å². The highest BCUT2D eigenvalue weighted by Crippen LogP contribution is 2.08. The van der Waals surface area contributed by atoms with Crippen LogP contribution < -0.4 is 11.1 Å². The molecule has 0 aromatic carbocycles. The molecule has 0 spiro atoms. The van der Waals surface area contributed by atoms with Gasteiger partial charge >= 0.3 is 0 Å². The lowest BCUT2D eigenvalue weighted by molar-refractivity contribution is -0.130. The van der Waals surface area contributed by atoms with Gasteiger partial charge in [-0.05, 0) is 13.8 Å². The number of aryl methyl sites for hydroxylation is 1. The van der Waals surface area contributed by atoms with Crippen molar-refractivity contribution >= 4 is 17.5 Å². The normalized spacial score (nSPS) is 10.3. The van der Waals surface area contributed by atoms with Crippen molar-refractivity contribution < 1.29 is 4.79 Å². The zero-order valence-corrected chi connectivity index (χ0v) is 11.9. The second-order valence-corrected chi connectivity index (χ2v) is 4.19. The number of nitrogens with one attached hydrogen (secondary N) is 1. The van der Waals surface area contributed by atoms with Crippen molar-refractivity contribution in [2.75, 3.05) is 30.7 Å². The molecule has 6 nitrogen and oxygen atoms in total. The van der Waals surface area contributed by atoms with Gasteiger partial charge in [-0.3, -0.25) is 4.79 Å². The molecule has 0 unspecified atom stereocenters. The number of rotatable bonds is 7. The Balaban J connectivity index is 2.49. The summed E-state index contributed by atoms with van der Waals surface area (Å²) >= 11 is 0. The van der Waals surface area contributed by atoms with Crippen LogP contribution in [0.1, 0.15) is 33.0 Å². The monoisotopic (exact) mass is 265 g/mol. The van der Waals surface area contributed by atoms with Crippen molar-refractivity contribution in [3.05, 3.63) is 11.9 Å². The second-order valence-electron chi connectivity index (χ2n) is 4.19. The summed E-state index contributed by atoms with van der Waals surface area (Å²) in [6.07, 6.45) is 1.19. The first-order chi connectivity index (χ1) is 9.10. The summed E-state index contributed by atoms with van der Waals surface area (Å²) in [6.45, 7) is 7.98. The van der Waals surface area contributed by atoms with Crippen molar-refractivity contribution in [3.8, 4) is 0 Å². The van der Waals surface area contributed by atoms with Crippen LogP contribution >= 0.6 is 0 Å². The Hall–Kier alpha value is -1.85. The van der Waals surface area contributed by atoms with Gasteiger partial charge in [0.25, 0.3) is 0 Å². The van der Waals surface area contributed by atoms with E-state index in [1.807, 2.05) is 25.7 Å². The van der Waals surface area contributed by atoms with Crippen LogP contribution in [0, 0.1) is 0 Å². The van der Waals surface area contributed by atoms with Gasteiger partial charge in [-0.1, -0.05) is 6.92 Å². The molecule has 1 aromatic rings. The topological polar surface area (TPSA) is 84.1 Å². The molecule has 0 bridgehead atoms. The van der Waals surface area contributed by atoms with E-state index in [2.05, 4.69) is 15.3 Å². The van der Waals surface area contributed by atoms with E-state index in [1.54, 1.807) is 6.07 Å². The van der Waals surface area contributed by atoms with Crippen molar-refractivity contribution in [1.29, 1.82) is 0 Å². The molecule has 0 radical (unpaired) electrons. The summed E-state index contributed by atoms with van der Waals surface area (Å²) in [5, 5.41) is 3.12. The highest BCUT2D eigenvalue weighted by atomic mass is 16.2. The maximum Gasteiger partial charge on any atom is 0.224 e. The van der Waals surface area contributed by atoms with Gasteiger partial charge in [0, 0.05) is 38.5 Å². The zero-order chi connectivity index (χ0) is 14.3. The third-order valence-electron chi connectivity index (χ3n) is 2.87. The Morgan fingerprint density at radius 1 is 1.32 bits per heavy atom. The van der Waals surface area contributed by atoms with E-state index in [1.165, 1.54) is 0 Å². The first-order valence-electron chi connectivity index (χ1n) is 6.75. The van der Waals surface area contributed by atoms with Crippen LogP contribution in [0.25, 0.3) is 0 Å². The van der Waals surface area contributed by atoms with Crippen LogP contribution in [-0.4, -0.2) is 40.4 Å². The quantitative estimate of drug-likeness (QED) is 0.776. The van der Waals surface area contributed by atoms with E-state index in [0.29, 0.717) is 30.4 Å². The summed E-state index contributed by atoms with van der Waals surface area (Å²) in [6, 6.07) is 1.68. The molecule has 1 rings (SSSR count). The van der Waals surface area contributed by atoms with Gasteiger partial charge in [-0.2, -0.15) is 0 Å². The van der Waals surface area contributed by atoms with Crippen molar-refractivity contribution in [2.24, 2.45) is 0 Å². The lowest BCUT2D eigenvalue weighted by Gasteiger charge is -2.18. The number of nitrogens with zero attached hydrogens (tertiary/aromatic N) is 3. The lowest BCUT2D eigenvalue weighted by atomic mass is 10.3. The fraction of sp³-hybridized carbons (Fsp3) is 0.615. The summed E-state index contributed by atoms with van der Waals surface area (Å²) in [4.78, 5) is 22.0. The van der Waals surface area contributed by atoms with E-state index >= 15 is 0 Å². The minimum Gasteiger partial charge on any atom is -0.384 e. The van der Waals surface area contributed by atoms with Gasteiger partial charge in [0.15, 0.2) is 0 Å². The molecule has 0 atom stereocenters. The maximum absolute atomic E-state index is 11.8. The number of amides is 1. The number of aromatic nitrogens is 2. The molecule has 0 aliphatic heterocycles. The number of carbonyl (C=O) groups excluding carboxylic acids is 1. The summed E-state index contributed by atoms with van der Waals surface area (Å²) in [5.74, 6) is 1.98. The molecule has 19 heavy (non-hydrogen) atoms. The first kappa shape index (κ1) is 15.2. The zero-order valence-electron chi connectivity index (χ0n) is 11.9. The number of hydrogen-bond acceptors (Lipinski definition) is 5. The number of hydrogen-bond donors (Lipinski definition) is 2. The van der Waals surface area contributed by atoms with Crippen LogP contribution in [0.5, 0.6) is 0 Å². The number of nitrogen functional groups attached to an aromatic ring is 1. The van der Waals surface area contributed by atoms with Crippen LogP contribution in [0.15, 0.2) is 6.07 Å². The fourth-order valence-corrected chi connectivity index (χ4v) is 1.80. The third kappa shape index (κ3) is 4.73. The summed E-state index contributed by atoms with van der Waals surface area (Å²) in [5.41, 5.74) is 5.69. The predicted octanol–water partition coefficient (Wildman–Crippen LogP) is 1.29. The van der Waals surface area contributed by atoms with Gasteiger partial charge in [0.1, 0.15) is 17.5 Å². The summed E-state index contributed by atoms with van der Waals surface area (Å²) in [7, 11) is 0. The lowest BCUT2D eigenvalue weighted by Crippen LogP contribution is -2.31. The van der Waals surface area contributed by atoms with Crippen LogP contribution in [0.2, 0.25) is 0 Å². The van der Waals surface area contributed by atoms with Crippen LogP contribution in [0.3, 0.4) is 0 Å². The number of carbonyl (C=O) groups is 1. The molecule has 0 aliphatic carbocycles. The minimum atomic E-state index is 0.148. The van der Waals surface area contributed by atoms with E-state index < -0.39 is 0 Å². The minimum absolute atomic E-state index is 0.148. The average molecular weight is 265 g/mol. The van der Waals surface area contributed by atoms with Gasteiger partial charge in [0.05, 0.1) is 0 Å². The molecule has 0 fully saturated rings. The summed E-state index contributed by atoms with van der Waals surface area (Å²) < 4.78 is 0. The first-order valence-corrected chi connectivity index (χ1v) is 6.75. The van der Waals surface area contributed by atoms with Crippen molar-refractivity contribution in [2.45, 2.75) is 33.6 Å². The molecule has 0 saturated carbocycles. The highest BCUT2D eigenvalue weighted by Gasteiger charge is 2.09. The molecule has 3 N–H and O–H groups in total. The van der Waals surface area contributed by atoms with Crippen molar-refractivity contribution in [3.63, 3.8) is 0 Å². The average Bonchev–Trinajstić information content (AvgIpc) is 2.39. The molecule has 1 aromatic heterocycles. The Morgan fingerprint density at radius 2 is 2.00 bits per heavy atom. The molecular weight excluding hydrogens is 242 g/mol. The van der Waals surface area contributed by atoms with E-state index in [9.17, 15) is 4.79 Å². The largest absolute Gasteiger partial charge is 0.384 e. The van der Waals surface area contributed by atoms with E-state index in [4.69, 9.17) is 5.73 Å². The second kappa shape index (κ2) is 7.56. The maximum atomic E-state index is 11.8. The Morgan fingerprint density at radius 3 is 2.58 bits per heavy atom. The van der Waals surface area contributed by atoms with Crippen LogP contribution in [-0.2, 0) is 11.2 Å². The Bertz CT molecular complexity index is 417. The van der Waals surface area contributed by atoms with Gasteiger partial charge in [0.2, 0.25) is 5.91 Å². The SMILES string of the molecule is CCc1nc(N)cc(NCCC(=O)N(CC)CC)n1. The Kier molecular flexibility index (Phi) is 6.05. The molecule has 1 amide bonds. The molecule has 106 valence electrons. The van der Waals surface area contributed by atoms with Gasteiger partial charge in [-0.25, -0.2) is 9.97 Å². The number of nitrogens with two attached hydrogens (primary N) is 1. The number of anilines is 2. The standard InChI is InChI=1S/C13H23N5O/c1-4-11-16-10(14)9-12(17-11)15-8-7-13(19)18(5-2)6-3/h9H,4-8H2,1-3H3,(H3,14,15,16,17). The van der Waals surface area contributed by atoms with Crippen molar-refractivity contribution in [1.82, 2.24) is 14.9 Å². The third-order valence-corrected chi connectivity index (χ3v) is 2.87. The molecule has 0 aliphatic rings. The van der Waals surface area contributed by atoms with Gasteiger partial charge < -0.3 is 16.0 Å².